The predicted molar refractivity (Wildman–Crippen MR) is 278 cm³/mol. The number of carboxylic acid groups (broad SMARTS) is 1. The van der Waals surface area contributed by atoms with Gasteiger partial charge in [0.15, 0.2) is 10.7 Å². The van der Waals surface area contributed by atoms with E-state index in [1.807, 2.05) is 37.4 Å². The molecule has 1 aliphatic carbocycles. The van der Waals surface area contributed by atoms with Crippen LogP contribution in [0.1, 0.15) is 104 Å². The number of anilines is 1. The summed E-state index contributed by atoms with van der Waals surface area (Å²) >= 11 is 1.45. The summed E-state index contributed by atoms with van der Waals surface area (Å²) in [6.45, 7) is 7.76. The van der Waals surface area contributed by atoms with Gasteiger partial charge in [-0.15, -0.1) is 20.9 Å². The molecule has 19 heteroatoms. The largest absolute Gasteiger partial charge is 0.497 e. The summed E-state index contributed by atoms with van der Waals surface area (Å²) in [5.41, 5.74) is 0.831. The maximum Gasteiger partial charge on any atom is 0.333 e. The van der Waals surface area contributed by atoms with Crippen molar-refractivity contribution in [3.05, 3.63) is 71.6 Å². The number of thiazole rings is 1. The summed E-state index contributed by atoms with van der Waals surface area (Å²) in [7, 11) is -2.89. The second-order valence-electron chi connectivity index (χ2n) is 19.6. The number of allylic oxidation sites excluding steroid dienone is 1. The zero-order valence-electron chi connectivity index (χ0n) is 41.9. The van der Waals surface area contributed by atoms with E-state index in [4.69, 9.17) is 19.4 Å². The van der Waals surface area contributed by atoms with E-state index in [1.54, 1.807) is 54.7 Å². The number of amides is 4. The minimum absolute atomic E-state index is 0.0132. The third-order valence-corrected chi connectivity index (χ3v) is 17.8. The smallest absolute Gasteiger partial charge is 0.333 e. The van der Waals surface area contributed by atoms with Crippen LogP contribution in [-0.2, 0) is 30.3 Å². The number of hydrogen-bond acceptors (Lipinski definition) is 11. The summed E-state index contributed by atoms with van der Waals surface area (Å²) in [4.78, 5) is 67.3. The fourth-order valence-corrected chi connectivity index (χ4v) is 13.4. The van der Waals surface area contributed by atoms with Gasteiger partial charge in [-0.1, -0.05) is 76.3 Å². The Morgan fingerprint density at radius 1 is 1.03 bits per heavy atom. The number of unbranched alkanes of at least 4 members (excludes halogenated alkanes) is 3. The summed E-state index contributed by atoms with van der Waals surface area (Å²) in [6, 6.07) is 12.3. The second-order valence-corrected chi connectivity index (χ2v) is 23.9. The summed E-state index contributed by atoms with van der Waals surface area (Å²) in [6.07, 6.45) is 12.8. The van der Waals surface area contributed by atoms with Crippen molar-refractivity contribution >= 4 is 60.7 Å². The summed E-state index contributed by atoms with van der Waals surface area (Å²) < 4.78 is 40.3. The van der Waals surface area contributed by atoms with Crippen molar-refractivity contribution in [3.8, 4) is 22.9 Å². The molecule has 2 unspecified atom stereocenters. The predicted octanol–water partition coefficient (Wildman–Crippen LogP) is 8.02. The van der Waals surface area contributed by atoms with Gasteiger partial charge in [0.25, 0.3) is 0 Å². The lowest BCUT2D eigenvalue weighted by Crippen LogP contribution is -2.60. The number of rotatable bonds is 21. The van der Waals surface area contributed by atoms with Gasteiger partial charge in [-0.3, -0.25) is 14.1 Å². The number of fused-ring (bicyclic) bond motifs is 2. The molecule has 4 aromatic rings. The highest BCUT2D eigenvalue weighted by molar-refractivity contribution is 8.12. The summed E-state index contributed by atoms with van der Waals surface area (Å²) in [5, 5.41) is 25.8. The number of urea groups is 1. The first-order valence-corrected chi connectivity index (χ1v) is 28.3. The maximum atomic E-state index is 14.5. The number of carbonyl (C=O) groups excluding carboxylic acids is 3. The Hall–Kier alpha value is -5.63. The first-order chi connectivity index (χ1) is 33.9. The van der Waals surface area contributed by atoms with Crippen LogP contribution in [0.15, 0.2) is 71.0 Å². The molecule has 6 N–H and O–H groups in total. The molecule has 1 saturated heterocycles. The molecule has 2 fully saturated rings. The number of benzene rings is 2. The lowest BCUT2D eigenvalue weighted by Gasteiger charge is -2.53. The van der Waals surface area contributed by atoms with Crippen molar-refractivity contribution in [3.63, 3.8) is 0 Å². The number of hydrogen-bond donors (Lipinski definition) is 6. The highest BCUT2D eigenvalue weighted by Crippen LogP contribution is 2.41. The standard InChI is InChI=1S/C52H72N8O9S2/c1-7-9-10-11-17-25-52(8-2,49(63)64)58-48(62)44-28-38(69-45-29-41(43-33-70-51(57-43)54-34(3)4)55-40-27-37(68-5)22-23-39(40)45)31-60(44)47(61)30-53-50(65)56-42(35-18-13-12-14-19-35)32-59-26-24-36-20-15-16-21-46(36)71(59,6,66)67/h15-17,20-23,25,27,29,33-35,38,42,44H,7-14,18-19,24,26,28,30-32H2,1-6H3,(H,54,57)(H,58,62)(H,63,64)(H,66,67)(H2,53,56,65)/b25-17-/t38?,42?,44-,52+/m0/s1. The molecule has 3 aliphatic rings. The van der Waals surface area contributed by atoms with Crippen LogP contribution in [0.25, 0.3) is 22.3 Å². The fourth-order valence-electron chi connectivity index (χ4n) is 10.0. The molecule has 2 aromatic heterocycles. The Labute approximate surface area is 421 Å². The Morgan fingerprint density at radius 2 is 1.80 bits per heavy atom. The number of carboxylic acids is 1. The van der Waals surface area contributed by atoms with Crippen LogP contribution < -0.4 is 30.7 Å². The molecule has 71 heavy (non-hydrogen) atoms. The number of nitrogens with one attached hydrogen (secondary N) is 4. The Balaban J connectivity index is 1.13. The molecular weight excluding hydrogens is 945 g/mol. The van der Waals surface area contributed by atoms with Crippen molar-refractivity contribution in [1.82, 2.24) is 35.1 Å². The SMILES string of the molecule is CCCCC/C=C\[C@@](CC)(NC(=O)[C@@H]1CC(Oc2cc(-c3csc(NC(C)C)n3)nc3cc(OC)ccc23)CN1C(=O)CNC(=O)NC(CN1CCc2ccccc2S1(C)(=O)O)C1CCCCC1)C(=O)O. The van der Waals surface area contributed by atoms with Gasteiger partial charge in [0.05, 0.1) is 36.3 Å². The van der Waals surface area contributed by atoms with E-state index in [0.29, 0.717) is 58.1 Å². The third kappa shape index (κ3) is 12.5. The second kappa shape index (κ2) is 22.8. The Bertz CT molecular complexity index is 2650. The van der Waals surface area contributed by atoms with E-state index < -0.39 is 63.6 Å². The van der Waals surface area contributed by atoms with Crippen LogP contribution in [0.4, 0.5) is 9.93 Å². The number of likely N-dealkylation sites (tertiary alicyclic amines) is 1. The van der Waals surface area contributed by atoms with Crippen LogP contribution in [0.2, 0.25) is 0 Å². The molecule has 0 spiro atoms. The molecule has 4 amide bonds. The van der Waals surface area contributed by atoms with E-state index >= 15 is 0 Å². The first kappa shape index (κ1) is 53.2. The molecule has 1 saturated carbocycles. The number of methoxy groups -OCH3 is 1. The first-order valence-electron chi connectivity index (χ1n) is 25.1. The average Bonchev–Trinajstić information content (AvgIpc) is 4.00. The van der Waals surface area contributed by atoms with Gasteiger partial charge in [0.2, 0.25) is 11.8 Å². The van der Waals surface area contributed by atoms with Crippen LogP contribution in [0.5, 0.6) is 11.5 Å². The van der Waals surface area contributed by atoms with E-state index in [9.17, 15) is 33.0 Å². The van der Waals surface area contributed by atoms with Crippen LogP contribution in [0, 0.1) is 5.92 Å². The van der Waals surface area contributed by atoms with E-state index in [2.05, 4.69) is 28.2 Å². The molecule has 0 radical (unpaired) electrons. The van der Waals surface area contributed by atoms with Gasteiger partial charge >= 0.3 is 12.0 Å². The molecule has 2 aliphatic heterocycles. The topological polar surface area (TPSA) is 225 Å². The zero-order valence-corrected chi connectivity index (χ0v) is 43.5. The zero-order chi connectivity index (χ0) is 51.0. The number of pyridine rings is 1. The van der Waals surface area contributed by atoms with E-state index in [0.717, 1.165) is 62.1 Å². The minimum atomic E-state index is -4.46. The maximum absolute atomic E-state index is 14.5. The Kier molecular flexibility index (Phi) is 17.1. The average molecular weight is 1020 g/mol. The molecule has 2 aromatic carbocycles. The van der Waals surface area contributed by atoms with Crippen molar-refractivity contribution in [2.45, 2.75) is 139 Å². The monoisotopic (exact) mass is 1020 g/mol. The molecule has 7 rings (SSSR count). The van der Waals surface area contributed by atoms with Crippen molar-refractivity contribution < 1.29 is 42.5 Å². The molecular formula is C52H72N8O9S2. The molecule has 386 valence electrons. The summed E-state index contributed by atoms with van der Waals surface area (Å²) in [5.74, 6) is -1.41. The van der Waals surface area contributed by atoms with E-state index in [1.165, 1.54) is 28.6 Å². The fraction of sp³-hybridized carbons (Fsp3) is 0.538. The molecule has 17 nitrogen and oxygen atoms in total. The third-order valence-electron chi connectivity index (χ3n) is 14.1. The van der Waals surface area contributed by atoms with Crippen molar-refractivity contribution in [1.29, 1.82) is 0 Å². The highest BCUT2D eigenvalue weighted by atomic mass is 32.3. The van der Waals surface area contributed by atoms with Gasteiger partial charge in [0, 0.05) is 60.7 Å². The quantitative estimate of drug-likeness (QED) is 0.0345. The van der Waals surface area contributed by atoms with Crippen molar-refractivity contribution in [2.24, 2.45) is 5.92 Å². The number of carbonyl (C=O) groups is 4. The van der Waals surface area contributed by atoms with Crippen LogP contribution in [-0.4, -0.2) is 126 Å². The number of nitrogens with zero attached hydrogens (tertiary/aromatic N) is 4. The van der Waals surface area contributed by atoms with Crippen molar-refractivity contribution in [2.75, 3.05) is 44.9 Å². The minimum Gasteiger partial charge on any atom is -0.497 e. The number of aliphatic carboxylic acids is 1. The molecule has 4 heterocycles. The van der Waals surface area contributed by atoms with E-state index in [-0.39, 0.29) is 37.9 Å². The van der Waals surface area contributed by atoms with Gasteiger partial charge in [0.1, 0.15) is 29.3 Å². The van der Waals surface area contributed by atoms with Crippen LogP contribution in [0.3, 0.4) is 0 Å². The molecule has 0 bridgehead atoms. The van der Waals surface area contributed by atoms with Gasteiger partial charge in [-0.25, -0.2) is 23.9 Å². The van der Waals surface area contributed by atoms with Gasteiger partial charge in [-0.2, -0.15) is 4.21 Å². The van der Waals surface area contributed by atoms with Crippen LogP contribution >= 0.6 is 11.3 Å². The lowest BCUT2D eigenvalue weighted by atomic mass is 9.84. The van der Waals surface area contributed by atoms with Gasteiger partial charge < -0.3 is 40.7 Å². The normalized spacial score (nSPS) is 20.8. The number of aromatic nitrogens is 2. The Morgan fingerprint density at radius 3 is 2.52 bits per heavy atom. The highest BCUT2D eigenvalue weighted by Gasteiger charge is 2.45. The number of ether oxygens (including phenoxy) is 2. The molecule has 4 atom stereocenters. The van der Waals surface area contributed by atoms with Gasteiger partial charge in [-0.05, 0) is 82.1 Å². The lowest BCUT2D eigenvalue weighted by molar-refractivity contribution is -0.147.